The summed E-state index contributed by atoms with van der Waals surface area (Å²) in [5.74, 6) is -0.967. The van der Waals surface area contributed by atoms with Crippen LogP contribution in [0.2, 0.25) is 0 Å². The second-order valence-corrected chi connectivity index (χ2v) is 6.82. The van der Waals surface area contributed by atoms with E-state index in [1.54, 1.807) is 19.1 Å². The van der Waals surface area contributed by atoms with E-state index >= 15 is 0 Å². The summed E-state index contributed by atoms with van der Waals surface area (Å²) in [6.45, 7) is 2.08. The summed E-state index contributed by atoms with van der Waals surface area (Å²) in [4.78, 5) is 23.2. The van der Waals surface area contributed by atoms with Gasteiger partial charge in [0.15, 0.2) is 0 Å². The maximum atomic E-state index is 12.0. The molecule has 0 saturated carbocycles. The van der Waals surface area contributed by atoms with Crippen LogP contribution in [0.4, 0.5) is 5.69 Å². The number of fused-ring (bicyclic) bond motifs is 1. The third-order valence-electron chi connectivity index (χ3n) is 3.30. The summed E-state index contributed by atoms with van der Waals surface area (Å²) in [7, 11) is -3.36. The minimum absolute atomic E-state index is 0.223. The Kier molecular flexibility index (Phi) is 4.70. The topological polar surface area (TPSA) is 92.8 Å². The van der Waals surface area contributed by atoms with E-state index in [-0.39, 0.29) is 13.2 Å². The molecule has 1 heterocycles. The first-order valence-electron chi connectivity index (χ1n) is 6.87. The van der Waals surface area contributed by atoms with Gasteiger partial charge in [0, 0.05) is 12.1 Å². The highest BCUT2D eigenvalue weighted by Gasteiger charge is 2.27. The van der Waals surface area contributed by atoms with Crippen LogP contribution in [0.25, 0.3) is 0 Å². The Morgan fingerprint density at radius 1 is 1.36 bits per heavy atom. The molecule has 0 atom stereocenters. The lowest BCUT2D eigenvalue weighted by Gasteiger charge is -2.17. The van der Waals surface area contributed by atoms with Gasteiger partial charge in [-0.2, -0.15) is 0 Å². The van der Waals surface area contributed by atoms with Gasteiger partial charge in [-0.3, -0.25) is 13.9 Å². The molecule has 0 fully saturated rings. The predicted octanol–water partition coefficient (Wildman–Crippen LogP) is 0.302. The molecule has 0 bridgehead atoms. The van der Waals surface area contributed by atoms with Gasteiger partial charge < -0.3 is 10.1 Å². The SMILES string of the molecule is CCOC(=O)CNC(=O)c1ccc2c(c1)N(S(C)(=O)=O)CC2. The van der Waals surface area contributed by atoms with Crippen LogP contribution in [-0.4, -0.2) is 46.2 Å². The zero-order valence-electron chi connectivity index (χ0n) is 12.5. The number of nitrogens with zero attached hydrogens (tertiary/aromatic N) is 1. The van der Waals surface area contributed by atoms with Crippen LogP contribution in [0.1, 0.15) is 22.8 Å². The molecule has 0 aromatic heterocycles. The molecule has 1 aromatic rings. The molecular weight excluding hydrogens is 308 g/mol. The first-order valence-corrected chi connectivity index (χ1v) is 8.72. The first-order chi connectivity index (χ1) is 10.3. The molecule has 0 spiro atoms. The van der Waals surface area contributed by atoms with Crippen LogP contribution in [0.15, 0.2) is 18.2 Å². The number of rotatable bonds is 5. The van der Waals surface area contributed by atoms with Gasteiger partial charge in [0.25, 0.3) is 5.91 Å². The lowest BCUT2D eigenvalue weighted by atomic mass is 10.1. The van der Waals surface area contributed by atoms with Crippen molar-refractivity contribution in [2.75, 3.05) is 30.3 Å². The molecule has 120 valence electrons. The third kappa shape index (κ3) is 3.56. The molecular formula is C14H18N2O5S. The molecule has 0 saturated heterocycles. The lowest BCUT2D eigenvalue weighted by Crippen LogP contribution is -2.31. The Labute approximate surface area is 129 Å². The minimum Gasteiger partial charge on any atom is -0.465 e. The van der Waals surface area contributed by atoms with Crippen molar-refractivity contribution < 1.29 is 22.7 Å². The zero-order valence-corrected chi connectivity index (χ0v) is 13.3. The number of hydrogen-bond donors (Lipinski definition) is 1. The van der Waals surface area contributed by atoms with E-state index < -0.39 is 21.9 Å². The van der Waals surface area contributed by atoms with Gasteiger partial charge >= 0.3 is 5.97 Å². The van der Waals surface area contributed by atoms with Crippen molar-refractivity contribution in [3.8, 4) is 0 Å². The maximum Gasteiger partial charge on any atom is 0.325 e. The predicted molar refractivity (Wildman–Crippen MR) is 81.3 cm³/mol. The summed E-state index contributed by atoms with van der Waals surface area (Å²) < 4.78 is 29.5. The fraction of sp³-hybridized carbons (Fsp3) is 0.429. The van der Waals surface area contributed by atoms with E-state index in [1.165, 1.54) is 10.4 Å². The van der Waals surface area contributed by atoms with Gasteiger partial charge in [-0.25, -0.2) is 8.42 Å². The summed E-state index contributed by atoms with van der Waals surface area (Å²) in [6, 6.07) is 4.88. The number of hydrogen-bond acceptors (Lipinski definition) is 5. The Balaban J connectivity index is 2.14. The molecule has 22 heavy (non-hydrogen) atoms. The highest BCUT2D eigenvalue weighted by atomic mass is 32.2. The number of carbonyl (C=O) groups excluding carboxylic acids is 2. The second-order valence-electron chi connectivity index (χ2n) is 4.92. The second kappa shape index (κ2) is 6.35. The van der Waals surface area contributed by atoms with Crippen LogP contribution in [0.3, 0.4) is 0 Å². The number of sulfonamides is 1. The van der Waals surface area contributed by atoms with Crippen molar-refractivity contribution in [1.82, 2.24) is 5.32 Å². The van der Waals surface area contributed by atoms with Gasteiger partial charge in [-0.1, -0.05) is 6.07 Å². The highest BCUT2D eigenvalue weighted by Crippen LogP contribution is 2.30. The van der Waals surface area contributed by atoms with Crippen molar-refractivity contribution in [3.63, 3.8) is 0 Å². The highest BCUT2D eigenvalue weighted by molar-refractivity contribution is 7.92. The van der Waals surface area contributed by atoms with Gasteiger partial charge in [0.05, 0.1) is 18.6 Å². The standard InChI is InChI=1S/C14H18N2O5S/c1-3-21-13(17)9-15-14(18)11-5-4-10-6-7-16(12(10)8-11)22(2,19)20/h4-5,8H,3,6-7,9H2,1-2H3,(H,15,18). The Morgan fingerprint density at radius 2 is 2.09 bits per heavy atom. The number of ether oxygens (including phenoxy) is 1. The first kappa shape index (κ1) is 16.3. The van der Waals surface area contributed by atoms with Crippen LogP contribution >= 0.6 is 0 Å². The fourth-order valence-electron chi connectivity index (χ4n) is 2.30. The summed E-state index contributed by atoms with van der Waals surface area (Å²) in [6.07, 6.45) is 1.75. The lowest BCUT2D eigenvalue weighted by molar-refractivity contribution is -0.141. The maximum absolute atomic E-state index is 12.0. The molecule has 0 radical (unpaired) electrons. The summed E-state index contributed by atoms with van der Waals surface area (Å²) >= 11 is 0. The number of carbonyl (C=O) groups is 2. The molecule has 7 nitrogen and oxygen atoms in total. The largest absolute Gasteiger partial charge is 0.465 e. The van der Waals surface area contributed by atoms with E-state index in [9.17, 15) is 18.0 Å². The molecule has 1 aliphatic heterocycles. The van der Waals surface area contributed by atoms with Crippen molar-refractivity contribution in [1.29, 1.82) is 0 Å². The Bertz CT molecular complexity index is 699. The van der Waals surface area contributed by atoms with Crippen LogP contribution in [0, 0.1) is 0 Å². The molecule has 1 amide bonds. The molecule has 8 heteroatoms. The van der Waals surface area contributed by atoms with Gasteiger partial charge in [-0.15, -0.1) is 0 Å². The Morgan fingerprint density at radius 3 is 2.73 bits per heavy atom. The summed E-state index contributed by atoms with van der Waals surface area (Å²) in [5.41, 5.74) is 1.71. The number of esters is 1. The van der Waals surface area contributed by atoms with Crippen molar-refractivity contribution in [3.05, 3.63) is 29.3 Å². The number of nitrogens with one attached hydrogen (secondary N) is 1. The van der Waals surface area contributed by atoms with E-state index in [0.717, 1.165) is 11.8 Å². The molecule has 1 aliphatic rings. The number of anilines is 1. The van der Waals surface area contributed by atoms with E-state index in [0.29, 0.717) is 24.2 Å². The molecule has 1 aromatic carbocycles. The van der Waals surface area contributed by atoms with Crippen LogP contribution in [0.5, 0.6) is 0 Å². The van der Waals surface area contributed by atoms with Crippen LogP contribution in [-0.2, 0) is 26.0 Å². The van der Waals surface area contributed by atoms with Gasteiger partial charge in [-0.05, 0) is 31.0 Å². The van der Waals surface area contributed by atoms with Crippen molar-refractivity contribution >= 4 is 27.6 Å². The van der Waals surface area contributed by atoms with E-state index in [1.807, 2.05) is 0 Å². The van der Waals surface area contributed by atoms with E-state index in [2.05, 4.69) is 5.32 Å². The monoisotopic (exact) mass is 326 g/mol. The quantitative estimate of drug-likeness (QED) is 0.786. The van der Waals surface area contributed by atoms with E-state index in [4.69, 9.17) is 4.74 Å². The number of benzene rings is 1. The fourth-order valence-corrected chi connectivity index (χ4v) is 3.25. The minimum atomic E-state index is -3.36. The average Bonchev–Trinajstić information content (AvgIpc) is 2.88. The average molecular weight is 326 g/mol. The molecule has 0 aliphatic carbocycles. The molecule has 2 rings (SSSR count). The molecule has 0 unspecified atom stereocenters. The molecule has 1 N–H and O–H groups in total. The normalized spacial score (nSPS) is 13.6. The van der Waals surface area contributed by atoms with Gasteiger partial charge in [0.2, 0.25) is 10.0 Å². The smallest absolute Gasteiger partial charge is 0.325 e. The van der Waals surface area contributed by atoms with Gasteiger partial charge in [0.1, 0.15) is 6.54 Å². The zero-order chi connectivity index (χ0) is 16.3. The third-order valence-corrected chi connectivity index (χ3v) is 4.48. The van der Waals surface area contributed by atoms with Crippen molar-refractivity contribution in [2.45, 2.75) is 13.3 Å². The van der Waals surface area contributed by atoms with Crippen LogP contribution < -0.4 is 9.62 Å². The van der Waals surface area contributed by atoms with Crippen molar-refractivity contribution in [2.24, 2.45) is 0 Å². The summed E-state index contributed by atoms with van der Waals surface area (Å²) in [5, 5.41) is 2.45. The Hall–Kier alpha value is -2.09. The number of amides is 1.